The van der Waals surface area contributed by atoms with Crippen molar-refractivity contribution in [3.05, 3.63) is 18.2 Å². The summed E-state index contributed by atoms with van der Waals surface area (Å²) >= 11 is 1.64. The number of rotatable bonds is 3. The van der Waals surface area contributed by atoms with Crippen molar-refractivity contribution in [2.45, 2.75) is 6.04 Å². The third kappa shape index (κ3) is 2.09. The topological polar surface area (TPSA) is 50.4 Å². The molecule has 0 bridgehead atoms. The lowest BCUT2D eigenvalue weighted by Crippen LogP contribution is -2.40. The van der Waals surface area contributed by atoms with Gasteiger partial charge in [-0.2, -0.15) is 11.8 Å². The molecule has 0 aliphatic carbocycles. The minimum atomic E-state index is -0.172. The van der Waals surface area contributed by atoms with Crippen LogP contribution < -0.4 is 15.4 Å². The molecule has 1 aromatic carbocycles. The van der Waals surface area contributed by atoms with Crippen LogP contribution in [0.15, 0.2) is 18.2 Å². The minimum absolute atomic E-state index is 0.0204. The van der Waals surface area contributed by atoms with Crippen molar-refractivity contribution in [3.63, 3.8) is 0 Å². The van der Waals surface area contributed by atoms with Gasteiger partial charge in [0.15, 0.2) is 0 Å². The predicted octanol–water partition coefficient (Wildman–Crippen LogP) is 1.79. The standard InChI is InChI=1S/C11H14N2O2S/c1-15-7-3-4-8-9(5-7)12-10(6-16-2)11(14)13-8/h3-5,10,12H,6H2,1-2H3,(H,13,14)/t10-/m0/s1. The van der Waals surface area contributed by atoms with E-state index in [1.165, 1.54) is 0 Å². The molecule has 0 fully saturated rings. The number of ether oxygens (including phenoxy) is 1. The van der Waals surface area contributed by atoms with Gasteiger partial charge in [-0.1, -0.05) is 0 Å². The fourth-order valence-electron chi connectivity index (χ4n) is 1.64. The van der Waals surface area contributed by atoms with Crippen LogP contribution in [0.2, 0.25) is 0 Å². The highest BCUT2D eigenvalue weighted by Gasteiger charge is 2.24. The van der Waals surface area contributed by atoms with Crippen LogP contribution in [0.5, 0.6) is 5.75 Å². The van der Waals surface area contributed by atoms with Gasteiger partial charge in [0, 0.05) is 11.8 Å². The molecular weight excluding hydrogens is 224 g/mol. The highest BCUT2D eigenvalue weighted by atomic mass is 32.2. The van der Waals surface area contributed by atoms with Gasteiger partial charge in [0.2, 0.25) is 5.91 Å². The first-order chi connectivity index (χ1) is 7.74. The number of carbonyl (C=O) groups excluding carboxylic acids is 1. The number of benzene rings is 1. The van der Waals surface area contributed by atoms with Crippen molar-refractivity contribution in [1.29, 1.82) is 0 Å². The Labute approximate surface area is 98.7 Å². The quantitative estimate of drug-likeness (QED) is 0.843. The molecule has 1 atom stereocenters. The molecule has 0 spiro atoms. The zero-order valence-electron chi connectivity index (χ0n) is 9.24. The third-order valence-corrected chi connectivity index (χ3v) is 3.13. The molecule has 1 heterocycles. The van der Waals surface area contributed by atoms with Crippen molar-refractivity contribution in [1.82, 2.24) is 0 Å². The Balaban J connectivity index is 2.25. The number of hydrogen-bond donors (Lipinski definition) is 2. The van der Waals surface area contributed by atoms with E-state index in [1.54, 1.807) is 18.9 Å². The molecule has 1 aliphatic rings. The normalized spacial score (nSPS) is 18.4. The number of methoxy groups -OCH3 is 1. The van der Waals surface area contributed by atoms with Gasteiger partial charge >= 0.3 is 0 Å². The number of anilines is 2. The lowest BCUT2D eigenvalue weighted by atomic mass is 10.1. The zero-order valence-corrected chi connectivity index (χ0v) is 10.1. The summed E-state index contributed by atoms with van der Waals surface area (Å²) in [5, 5.41) is 6.09. The molecule has 0 unspecified atom stereocenters. The van der Waals surface area contributed by atoms with Crippen LogP contribution in [0.4, 0.5) is 11.4 Å². The maximum absolute atomic E-state index is 11.7. The Hall–Kier alpha value is -1.36. The van der Waals surface area contributed by atoms with Crippen LogP contribution in [0.3, 0.4) is 0 Å². The smallest absolute Gasteiger partial charge is 0.247 e. The van der Waals surface area contributed by atoms with Gasteiger partial charge in [0.1, 0.15) is 11.8 Å². The first-order valence-electron chi connectivity index (χ1n) is 4.99. The summed E-state index contributed by atoms with van der Waals surface area (Å²) in [6.07, 6.45) is 1.98. The number of carbonyl (C=O) groups is 1. The summed E-state index contributed by atoms with van der Waals surface area (Å²) in [5.41, 5.74) is 1.72. The molecule has 86 valence electrons. The second-order valence-corrected chi connectivity index (χ2v) is 4.46. The summed E-state index contributed by atoms with van der Waals surface area (Å²) < 4.78 is 5.14. The van der Waals surface area contributed by atoms with Gasteiger partial charge in [-0.25, -0.2) is 0 Å². The zero-order chi connectivity index (χ0) is 11.5. The Morgan fingerprint density at radius 3 is 2.94 bits per heavy atom. The highest BCUT2D eigenvalue weighted by Crippen LogP contribution is 2.30. The second kappa shape index (κ2) is 4.65. The Kier molecular flexibility index (Phi) is 3.24. The van der Waals surface area contributed by atoms with Gasteiger partial charge in [-0.05, 0) is 18.4 Å². The summed E-state index contributed by atoms with van der Waals surface area (Å²) in [4.78, 5) is 11.7. The molecule has 2 N–H and O–H groups in total. The van der Waals surface area contributed by atoms with E-state index in [4.69, 9.17) is 4.74 Å². The van der Waals surface area contributed by atoms with Crippen molar-refractivity contribution in [2.24, 2.45) is 0 Å². The minimum Gasteiger partial charge on any atom is -0.497 e. The van der Waals surface area contributed by atoms with Crippen molar-refractivity contribution >= 4 is 29.0 Å². The lowest BCUT2D eigenvalue weighted by Gasteiger charge is -2.26. The fourth-order valence-corrected chi connectivity index (χ4v) is 2.20. The number of thioether (sulfide) groups is 1. The van der Waals surface area contributed by atoms with Crippen LogP contribution in [0.25, 0.3) is 0 Å². The van der Waals surface area contributed by atoms with Crippen molar-refractivity contribution in [3.8, 4) is 5.75 Å². The molecular formula is C11H14N2O2S. The van der Waals surface area contributed by atoms with E-state index < -0.39 is 0 Å². The fraction of sp³-hybridized carbons (Fsp3) is 0.364. The lowest BCUT2D eigenvalue weighted by molar-refractivity contribution is -0.116. The summed E-state index contributed by atoms with van der Waals surface area (Å²) in [7, 11) is 1.63. The molecule has 0 aromatic heterocycles. The maximum atomic E-state index is 11.7. The number of hydrogen-bond acceptors (Lipinski definition) is 4. The molecule has 0 radical (unpaired) electrons. The largest absolute Gasteiger partial charge is 0.497 e. The molecule has 5 heteroatoms. The average Bonchev–Trinajstić information content (AvgIpc) is 2.30. The molecule has 1 aliphatic heterocycles. The van der Waals surface area contributed by atoms with Gasteiger partial charge in [0.25, 0.3) is 0 Å². The molecule has 16 heavy (non-hydrogen) atoms. The molecule has 0 saturated carbocycles. The molecule has 1 amide bonds. The monoisotopic (exact) mass is 238 g/mol. The van der Waals surface area contributed by atoms with Crippen LogP contribution in [0, 0.1) is 0 Å². The molecule has 4 nitrogen and oxygen atoms in total. The summed E-state index contributed by atoms with van der Waals surface area (Å²) in [5.74, 6) is 1.56. The van der Waals surface area contributed by atoms with E-state index in [0.717, 1.165) is 22.9 Å². The van der Waals surface area contributed by atoms with E-state index in [9.17, 15) is 4.79 Å². The predicted molar refractivity (Wildman–Crippen MR) is 67.4 cm³/mol. The van der Waals surface area contributed by atoms with E-state index >= 15 is 0 Å². The Morgan fingerprint density at radius 2 is 2.25 bits per heavy atom. The van der Waals surface area contributed by atoms with Crippen LogP contribution in [-0.2, 0) is 4.79 Å². The summed E-state index contributed by atoms with van der Waals surface area (Å²) in [6.45, 7) is 0. The maximum Gasteiger partial charge on any atom is 0.247 e. The van der Waals surface area contributed by atoms with Crippen LogP contribution >= 0.6 is 11.8 Å². The second-order valence-electron chi connectivity index (χ2n) is 3.55. The first-order valence-corrected chi connectivity index (χ1v) is 6.38. The van der Waals surface area contributed by atoms with Gasteiger partial charge < -0.3 is 15.4 Å². The average molecular weight is 238 g/mol. The molecule has 2 rings (SSSR count). The van der Waals surface area contributed by atoms with Crippen molar-refractivity contribution in [2.75, 3.05) is 29.8 Å². The molecule has 0 saturated heterocycles. The number of amides is 1. The molecule has 1 aromatic rings. The van der Waals surface area contributed by atoms with E-state index in [-0.39, 0.29) is 11.9 Å². The van der Waals surface area contributed by atoms with Gasteiger partial charge in [-0.15, -0.1) is 0 Å². The SMILES string of the molecule is COc1ccc2c(c1)N[C@@H](CSC)C(=O)N2. The van der Waals surface area contributed by atoms with E-state index in [0.29, 0.717) is 0 Å². The van der Waals surface area contributed by atoms with Crippen LogP contribution in [-0.4, -0.2) is 31.1 Å². The van der Waals surface area contributed by atoms with Crippen LogP contribution in [0.1, 0.15) is 0 Å². The van der Waals surface area contributed by atoms with Gasteiger partial charge in [-0.3, -0.25) is 4.79 Å². The number of nitrogens with one attached hydrogen (secondary N) is 2. The van der Waals surface area contributed by atoms with Gasteiger partial charge in [0.05, 0.1) is 18.5 Å². The highest BCUT2D eigenvalue weighted by molar-refractivity contribution is 7.98. The van der Waals surface area contributed by atoms with E-state index in [1.807, 2.05) is 24.5 Å². The Morgan fingerprint density at radius 1 is 1.44 bits per heavy atom. The number of fused-ring (bicyclic) bond motifs is 1. The Bertz CT molecular complexity index is 409. The third-order valence-electron chi connectivity index (χ3n) is 2.46. The first kappa shape index (κ1) is 11.1. The van der Waals surface area contributed by atoms with Crippen molar-refractivity contribution < 1.29 is 9.53 Å². The summed E-state index contributed by atoms with van der Waals surface area (Å²) in [6, 6.07) is 5.39. The van der Waals surface area contributed by atoms with E-state index in [2.05, 4.69) is 10.6 Å².